The van der Waals surface area contributed by atoms with Gasteiger partial charge in [0.2, 0.25) is 5.91 Å². The van der Waals surface area contributed by atoms with Gasteiger partial charge in [-0.1, -0.05) is 32.9 Å². The summed E-state index contributed by atoms with van der Waals surface area (Å²) in [4.78, 5) is 37.6. The average Bonchev–Trinajstić information content (AvgIpc) is 2.97. The van der Waals surface area contributed by atoms with E-state index in [2.05, 4.69) is 26.1 Å². The van der Waals surface area contributed by atoms with Gasteiger partial charge in [-0.3, -0.25) is 14.4 Å². The van der Waals surface area contributed by atoms with E-state index >= 15 is 0 Å². The number of carbonyl (C=O) groups is 3. The Labute approximate surface area is 169 Å². The molecule has 0 aromatic carbocycles. The van der Waals surface area contributed by atoms with E-state index in [0.717, 1.165) is 29.7 Å². The van der Waals surface area contributed by atoms with E-state index in [4.69, 9.17) is 5.73 Å². The Morgan fingerprint density at radius 2 is 1.82 bits per heavy atom. The number of fused-ring (bicyclic) bond motifs is 1. The van der Waals surface area contributed by atoms with Crippen molar-refractivity contribution in [1.82, 2.24) is 0 Å². The Morgan fingerprint density at radius 3 is 2.39 bits per heavy atom. The van der Waals surface area contributed by atoms with E-state index in [9.17, 15) is 19.5 Å². The maximum Gasteiger partial charge on any atom is 0.307 e. The van der Waals surface area contributed by atoms with Crippen LogP contribution in [0.25, 0.3) is 0 Å². The quantitative estimate of drug-likeness (QED) is 0.666. The number of thiophene rings is 1. The smallest absolute Gasteiger partial charge is 0.307 e. The normalized spacial score (nSPS) is 24.5. The molecule has 3 rings (SSSR count). The molecule has 7 heteroatoms. The van der Waals surface area contributed by atoms with Crippen molar-refractivity contribution < 1.29 is 19.5 Å². The van der Waals surface area contributed by atoms with Crippen molar-refractivity contribution in [1.29, 1.82) is 0 Å². The number of rotatable bonds is 4. The molecule has 2 aliphatic carbocycles. The van der Waals surface area contributed by atoms with E-state index in [0.29, 0.717) is 29.3 Å². The van der Waals surface area contributed by atoms with E-state index in [1.807, 2.05) is 6.08 Å². The number of nitrogens with two attached hydrogens (primary N) is 1. The monoisotopic (exact) mass is 404 g/mol. The van der Waals surface area contributed by atoms with Crippen molar-refractivity contribution in [3.05, 3.63) is 28.2 Å². The number of carboxylic acid groups (broad SMARTS) is 1. The first-order chi connectivity index (χ1) is 13.1. The number of hydrogen-bond donors (Lipinski definition) is 3. The number of amides is 2. The zero-order valence-corrected chi connectivity index (χ0v) is 17.4. The molecule has 4 N–H and O–H groups in total. The highest BCUT2D eigenvalue weighted by Crippen LogP contribution is 2.44. The summed E-state index contributed by atoms with van der Waals surface area (Å²) in [6.07, 6.45) is 6.97. The van der Waals surface area contributed by atoms with Crippen LogP contribution < -0.4 is 11.1 Å². The highest BCUT2D eigenvalue weighted by molar-refractivity contribution is 7.17. The lowest BCUT2D eigenvalue weighted by Gasteiger charge is -2.33. The Hall–Kier alpha value is -2.15. The molecule has 1 aromatic heterocycles. The highest BCUT2D eigenvalue weighted by atomic mass is 32.1. The minimum absolute atomic E-state index is 0.168. The number of hydrogen-bond acceptors (Lipinski definition) is 4. The van der Waals surface area contributed by atoms with Crippen molar-refractivity contribution in [3.63, 3.8) is 0 Å². The molecule has 0 spiro atoms. The zero-order chi connectivity index (χ0) is 20.6. The fraction of sp³-hybridized carbons (Fsp3) is 0.571. The zero-order valence-electron chi connectivity index (χ0n) is 16.6. The largest absolute Gasteiger partial charge is 0.481 e. The summed E-state index contributed by atoms with van der Waals surface area (Å²) in [6, 6.07) is 0. The van der Waals surface area contributed by atoms with Gasteiger partial charge in [0.25, 0.3) is 5.91 Å². The SMILES string of the molecule is CC(C)(C)C1CCc2c(sc(NC(=O)C3CC=CCC3C(=O)O)c2C(N)=O)C1. The fourth-order valence-corrected chi connectivity index (χ4v) is 5.59. The van der Waals surface area contributed by atoms with Gasteiger partial charge in [-0.2, -0.15) is 0 Å². The molecule has 28 heavy (non-hydrogen) atoms. The van der Waals surface area contributed by atoms with Crippen LogP contribution in [0.1, 0.15) is 60.8 Å². The lowest BCUT2D eigenvalue weighted by Crippen LogP contribution is -2.35. The van der Waals surface area contributed by atoms with Crippen molar-refractivity contribution in [2.45, 2.75) is 52.9 Å². The van der Waals surface area contributed by atoms with E-state index in [1.165, 1.54) is 11.3 Å². The molecule has 0 saturated carbocycles. The van der Waals surface area contributed by atoms with Crippen LogP contribution in [0.5, 0.6) is 0 Å². The van der Waals surface area contributed by atoms with Crippen LogP contribution in [0, 0.1) is 23.2 Å². The summed E-state index contributed by atoms with van der Waals surface area (Å²) in [5.41, 5.74) is 7.16. The molecule has 0 saturated heterocycles. The third-order valence-electron chi connectivity index (χ3n) is 6.06. The minimum atomic E-state index is -0.974. The molecule has 152 valence electrons. The van der Waals surface area contributed by atoms with Gasteiger partial charge in [0.1, 0.15) is 5.00 Å². The molecule has 0 fully saturated rings. The summed E-state index contributed by atoms with van der Waals surface area (Å²) >= 11 is 1.41. The van der Waals surface area contributed by atoms with Crippen molar-refractivity contribution in [3.8, 4) is 0 Å². The lowest BCUT2D eigenvalue weighted by atomic mass is 9.72. The van der Waals surface area contributed by atoms with Gasteiger partial charge >= 0.3 is 5.97 Å². The number of primary amides is 1. The Kier molecular flexibility index (Phi) is 5.66. The van der Waals surface area contributed by atoms with Crippen molar-refractivity contribution in [2.75, 3.05) is 5.32 Å². The summed E-state index contributed by atoms with van der Waals surface area (Å²) in [5.74, 6) is -2.77. The third kappa shape index (κ3) is 3.99. The van der Waals surface area contributed by atoms with Crippen LogP contribution in [0.2, 0.25) is 0 Å². The van der Waals surface area contributed by atoms with Crippen LogP contribution >= 0.6 is 11.3 Å². The summed E-state index contributed by atoms with van der Waals surface area (Å²) in [7, 11) is 0. The predicted molar refractivity (Wildman–Crippen MR) is 109 cm³/mol. The Morgan fingerprint density at radius 1 is 1.18 bits per heavy atom. The van der Waals surface area contributed by atoms with Gasteiger partial charge in [0.15, 0.2) is 0 Å². The Balaban J connectivity index is 1.87. The third-order valence-corrected chi connectivity index (χ3v) is 7.23. The molecular weight excluding hydrogens is 376 g/mol. The highest BCUT2D eigenvalue weighted by Gasteiger charge is 2.37. The maximum atomic E-state index is 12.8. The van der Waals surface area contributed by atoms with E-state index in [1.54, 1.807) is 6.08 Å². The standard InChI is InChI=1S/C21H28N2O4S/c1-21(2,3)11-8-9-14-15(10-11)28-19(16(14)17(22)24)23-18(25)12-6-4-5-7-13(12)20(26)27/h4-5,11-13H,6-10H2,1-3H3,(H2,22,24)(H,23,25)(H,26,27). The topological polar surface area (TPSA) is 109 Å². The van der Waals surface area contributed by atoms with Gasteiger partial charge in [-0.25, -0.2) is 0 Å². The Bertz CT molecular complexity index is 834. The van der Waals surface area contributed by atoms with Gasteiger partial charge < -0.3 is 16.2 Å². The number of anilines is 1. The first-order valence-corrected chi connectivity index (χ1v) is 10.5. The first kappa shape index (κ1) is 20.6. The summed E-state index contributed by atoms with van der Waals surface area (Å²) in [5, 5.41) is 12.7. The van der Waals surface area contributed by atoms with Gasteiger partial charge in [0, 0.05) is 4.88 Å². The van der Waals surface area contributed by atoms with Gasteiger partial charge in [-0.05, 0) is 49.0 Å². The number of allylic oxidation sites excluding steroid dienone is 2. The lowest BCUT2D eigenvalue weighted by molar-refractivity contribution is -0.146. The van der Waals surface area contributed by atoms with Crippen LogP contribution in [0.4, 0.5) is 5.00 Å². The number of carbonyl (C=O) groups excluding carboxylic acids is 2. The number of nitrogens with one attached hydrogen (secondary N) is 1. The molecule has 1 aromatic rings. The average molecular weight is 405 g/mol. The van der Waals surface area contributed by atoms with Crippen LogP contribution in [-0.2, 0) is 22.4 Å². The molecule has 6 nitrogen and oxygen atoms in total. The molecule has 0 aliphatic heterocycles. The molecule has 2 aliphatic rings. The number of aliphatic carboxylic acids is 1. The minimum Gasteiger partial charge on any atom is -0.481 e. The fourth-order valence-electron chi connectivity index (χ4n) is 4.26. The van der Waals surface area contributed by atoms with Crippen LogP contribution in [-0.4, -0.2) is 22.9 Å². The molecule has 2 amide bonds. The van der Waals surface area contributed by atoms with E-state index < -0.39 is 23.7 Å². The van der Waals surface area contributed by atoms with Crippen molar-refractivity contribution >= 4 is 34.1 Å². The molecule has 3 unspecified atom stereocenters. The maximum absolute atomic E-state index is 12.8. The number of carboxylic acids is 1. The second-order valence-electron chi connectivity index (χ2n) is 8.86. The van der Waals surface area contributed by atoms with Crippen LogP contribution in [0.15, 0.2) is 12.2 Å². The first-order valence-electron chi connectivity index (χ1n) is 9.72. The van der Waals surface area contributed by atoms with Crippen LogP contribution in [0.3, 0.4) is 0 Å². The second kappa shape index (κ2) is 7.70. The summed E-state index contributed by atoms with van der Waals surface area (Å²) in [6.45, 7) is 6.66. The second-order valence-corrected chi connectivity index (χ2v) is 9.97. The van der Waals surface area contributed by atoms with Gasteiger partial charge in [-0.15, -0.1) is 11.3 Å². The molecule has 1 heterocycles. The molecule has 3 atom stereocenters. The predicted octanol–water partition coefficient (Wildman–Crippen LogP) is 3.60. The molecule has 0 bridgehead atoms. The van der Waals surface area contributed by atoms with E-state index in [-0.39, 0.29) is 11.3 Å². The molecular formula is C21H28N2O4S. The van der Waals surface area contributed by atoms with Crippen molar-refractivity contribution in [2.24, 2.45) is 28.9 Å². The summed E-state index contributed by atoms with van der Waals surface area (Å²) < 4.78 is 0. The van der Waals surface area contributed by atoms with Gasteiger partial charge in [0.05, 0.1) is 17.4 Å². The molecule has 0 radical (unpaired) electrons.